The summed E-state index contributed by atoms with van der Waals surface area (Å²) in [5, 5.41) is 0. The summed E-state index contributed by atoms with van der Waals surface area (Å²) in [5.74, 6) is 5.38. The Hall–Kier alpha value is -5.67. The zero-order valence-electron chi connectivity index (χ0n) is 31.5. The first kappa shape index (κ1) is 31.7. The van der Waals surface area contributed by atoms with E-state index in [0.717, 1.165) is 34.4 Å². The lowest BCUT2D eigenvalue weighted by Gasteiger charge is -2.61. The third kappa shape index (κ3) is 4.47. The molecule has 6 aromatic carbocycles. The molecule has 4 saturated carbocycles. The van der Waals surface area contributed by atoms with Crippen molar-refractivity contribution in [1.82, 2.24) is 15.0 Å². The molecule has 4 bridgehead atoms. The van der Waals surface area contributed by atoms with Crippen LogP contribution in [0.15, 0.2) is 140 Å². The van der Waals surface area contributed by atoms with Crippen molar-refractivity contribution in [1.29, 1.82) is 0 Å². The standard InChI is InChI=1S/C52H43N3/c1-51(2)44-14-8-6-13-41(44)43-29-36(21-23-45(43)51)33-16-18-35(19-17-33)49-53-48(34-10-4-3-5-11-34)54-50(55-49)37-20-22-42-40-12-7-9-15-46(40)52(47(42)30-37)38-25-31-24-32(27-38)28-39(52)26-31/h3-23,29-32,38-39H,24-28H2,1-2H3. The van der Waals surface area contributed by atoms with Crippen molar-refractivity contribution in [3.8, 4) is 67.5 Å². The summed E-state index contributed by atoms with van der Waals surface area (Å²) in [6.45, 7) is 4.67. The Labute approximate surface area is 323 Å². The molecule has 1 heterocycles. The Bertz CT molecular complexity index is 2660. The maximum Gasteiger partial charge on any atom is 0.164 e. The Balaban J connectivity index is 0.961. The van der Waals surface area contributed by atoms with Crippen LogP contribution >= 0.6 is 0 Å². The van der Waals surface area contributed by atoms with Gasteiger partial charge in [0.05, 0.1) is 0 Å². The van der Waals surface area contributed by atoms with E-state index < -0.39 is 0 Å². The third-order valence-corrected chi connectivity index (χ3v) is 14.5. The maximum absolute atomic E-state index is 5.27. The second kappa shape index (κ2) is 11.4. The Morgan fingerprint density at radius 2 is 0.873 bits per heavy atom. The van der Waals surface area contributed by atoms with Crippen LogP contribution in [0.2, 0.25) is 0 Å². The molecule has 3 heteroatoms. The molecule has 1 spiro atoms. The van der Waals surface area contributed by atoms with Gasteiger partial charge in [0, 0.05) is 27.5 Å². The normalized spacial score (nSPS) is 24.4. The largest absolute Gasteiger partial charge is 0.208 e. The predicted molar refractivity (Wildman–Crippen MR) is 222 cm³/mol. The van der Waals surface area contributed by atoms with Gasteiger partial charge in [-0.3, -0.25) is 0 Å². The van der Waals surface area contributed by atoms with E-state index >= 15 is 0 Å². The second-order valence-corrected chi connectivity index (χ2v) is 17.7. The van der Waals surface area contributed by atoms with Crippen molar-refractivity contribution in [3.63, 3.8) is 0 Å². The molecule has 6 aliphatic rings. The zero-order valence-corrected chi connectivity index (χ0v) is 31.5. The van der Waals surface area contributed by atoms with Gasteiger partial charge in [0.2, 0.25) is 0 Å². The van der Waals surface area contributed by atoms with Crippen LogP contribution in [-0.4, -0.2) is 15.0 Å². The van der Waals surface area contributed by atoms with Crippen molar-refractivity contribution in [3.05, 3.63) is 162 Å². The summed E-state index contributed by atoms with van der Waals surface area (Å²) in [7, 11) is 0. The number of aromatic nitrogens is 3. The molecule has 7 aromatic rings. The molecule has 1 aromatic heterocycles. The molecule has 0 amide bonds. The smallest absolute Gasteiger partial charge is 0.164 e. The summed E-state index contributed by atoms with van der Waals surface area (Å²) in [6.07, 6.45) is 6.92. The molecule has 3 nitrogen and oxygen atoms in total. The van der Waals surface area contributed by atoms with Crippen LogP contribution in [0.3, 0.4) is 0 Å². The summed E-state index contributed by atoms with van der Waals surface area (Å²) < 4.78 is 0. The van der Waals surface area contributed by atoms with E-state index in [1.165, 1.54) is 82.2 Å². The number of hydrogen-bond acceptors (Lipinski definition) is 3. The van der Waals surface area contributed by atoms with E-state index in [0.29, 0.717) is 23.5 Å². The van der Waals surface area contributed by atoms with E-state index in [9.17, 15) is 0 Å². The van der Waals surface area contributed by atoms with Crippen LogP contribution in [0.25, 0.3) is 67.5 Å². The molecule has 55 heavy (non-hydrogen) atoms. The SMILES string of the molecule is CC1(C)c2ccccc2-c2cc(-c3ccc(-c4nc(-c5ccccc5)nc(-c5ccc6c(c5)C5(c7ccccc7-6)C6CC7CC(C6)CC5C7)n4)cc3)ccc21. The average Bonchev–Trinajstić information content (AvgIpc) is 3.65. The molecule has 0 aliphatic heterocycles. The van der Waals surface area contributed by atoms with Crippen molar-refractivity contribution >= 4 is 0 Å². The van der Waals surface area contributed by atoms with Gasteiger partial charge in [0.1, 0.15) is 0 Å². The summed E-state index contributed by atoms with van der Waals surface area (Å²) >= 11 is 0. The predicted octanol–water partition coefficient (Wildman–Crippen LogP) is 12.6. The van der Waals surface area contributed by atoms with Gasteiger partial charge in [0.15, 0.2) is 17.5 Å². The number of rotatable bonds is 4. The quantitative estimate of drug-likeness (QED) is 0.183. The van der Waals surface area contributed by atoms with E-state index in [1.807, 2.05) is 6.07 Å². The first-order valence-corrected chi connectivity index (χ1v) is 20.4. The summed E-state index contributed by atoms with van der Waals surface area (Å²) in [6, 6.07) is 51.4. The maximum atomic E-state index is 5.27. The molecule has 0 unspecified atom stereocenters. The highest BCUT2D eigenvalue weighted by molar-refractivity contribution is 5.86. The average molecular weight is 710 g/mol. The Morgan fingerprint density at radius 1 is 0.382 bits per heavy atom. The second-order valence-electron chi connectivity index (χ2n) is 17.7. The minimum atomic E-state index is 0.000174. The van der Waals surface area contributed by atoms with Gasteiger partial charge in [-0.1, -0.05) is 141 Å². The minimum Gasteiger partial charge on any atom is -0.208 e. The number of hydrogen-bond donors (Lipinski definition) is 0. The van der Waals surface area contributed by atoms with E-state index in [-0.39, 0.29) is 10.8 Å². The highest BCUT2D eigenvalue weighted by atomic mass is 15.0. The molecule has 0 radical (unpaired) electrons. The lowest BCUT2D eigenvalue weighted by Crippen LogP contribution is -2.55. The first-order chi connectivity index (χ1) is 26.9. The van der Waals surface area contributed by atoms with Gasteiger partial charge in [-0.2, -0.15) is 0 Å². The fourth-order valence-corrected chi connectivity index (χ4v) is 12.4. The lowest BCUT2D eigenvalue weighted by molar-refractivity contribution is -0.0399. The van der Waals surface area contributed by atoms with Gasteiger partial charge < -0.3 is 0 Å². The fraction of sp³-hybridized carbons (Fsp3) is 0.250. The molecule has 4 fully saturated rings. The van der Waals surface area contributed by atoms with Crippen molar-refractivity contribution < 1.29 is 0 Å². The van der Waals surface area contributed by atoms with Crippen molar-refractivity contribution in [2.45, 2.75) is 56.8 Å². The van der Waals surface area contributed by atoms with Crippen molar-refractivity contribution in [2.75, 3.05) is 0 Å². The van der Waals surface area contributed by atoms with Gasteiger partial charge in [-0.25, -0.2) is 15.0 Å². The summed E-state index contributed by atoms with van der Waals surface area (Å²) in [5.41, 5.74) is 17.0. The lowest BCUT2D eigenvalue weighted by atomic mass is 9.43. The monoisotopic (exact) mass is 709 g/mol. The van der Waals surface area contributed by atoms with Crippen LogP contribution in [0, 0.1) is 23.7 Å². The van der Waals surface area contributed by atoms with Crippen LogP contribution in [0.5, 0.6) is 0 Å². The van der Waals surface area contributed by atoms with Crippen molar-refractivity contribution in [2.24, 2.45) is 23.7 Å². The highest BCUT2D eigenvalue weighted by Gasteiger charge is 2.61. The van der Waals surface area contributed by atoms with Crippen LogP contribution in [0.1, 0.15) is 68.2 Å². The van der Waals surface area contributed by atoms with E-state index in [1.54, 1.807) is 5.56 Å². The van der Waals surface area contributed by atoms with Crippen LogP contribution < -0.4 is 0 Å². The van der Waals surface area contributed by atoms with Crippen LogP contribution in [-0.2, 0) is 10.8 Å². The number of nitrogens with zero attached hydrogens (tertiary/aromatic N) is 3. The molecule has 266 valence electrons. The molecule has 0 saturated heterocycles. The first-order valence-electron chi connectivity index (χ1n) is 20.4. The zero-order chi connectivity index (χ0) is 36.5. The fourth-order valence-electron chi connectivity index (χ4n) is 12.4. The minimum absolute atomic E-state index is 0.000174. The van der Waals surface area contributed by atoms with Gasteiger partial charge in [-0.05, 0) is 124 Å². The summed E-state index contributed by atoms with van der Waals surface area (Å²) in [4.78, 5) is 15.6. The van der Waals surface area contributed by atoms with E-state index in [4.69, 9.17) is 15.0 Å². The molecule has 13 rings (SSSR count). The molecular formula is C52H43N3. The Morgan fingerprint density at radius 3 is 1.56 bits per heavy atom. The number of fused-ring (bicyclic) bond motifs is 6. The topological polar surface area (TPSA) is 38.7 Å². The van der Waals surface area contributed by atoms with Gasteiger partial charge in [-0.15, -0.1) is 0 Å². The van der Waals surface area contributed by atoms with E-state index in [2.05, 4.69) is 147 Å². The molecule has 0 N–H and O–H groups in total. The van der Waals surface area contributed by atoms with Gasteiger partial charge >= 0.3 is 0 Å². The molecule has 0 atom stereocenters. The van der Waals surface area contributed by atoms with Crippen LogP contribution in [0.4, 0.5) is 0 Å². The third-order valence-electron chi connectivity index (χ3n) is 14.5. The molecular weight excluding hydrogens is 667 g/mol. The highest BCUT2D eigenvalue weighted by Crippen LogP contribution is 2.69. The number of benzene rings is 6. The van der Waals surface area contributed by atoms with Gasteiger partial charge in [0.25, 0.3) is 0 Å². The molecule has 6 aliphatic carbocycles. The Kier molecular flexibility index (Phi) is 6.58.